The quantitative estimate of drug-likeness (QED) is 0.614. The van der Waals surface area contributed by atoms with E-state index in [1.807, 2.05) is 6.07 Å². The molecule has 7 nitrogen and oxygen atoms in total. The fraction of sp³-hybridized carbons (Fsp3) is 0.318. The highest BCUT2D eigenvalue weighted by Gasteiger charge is 2.34. The van der Waals surface area contributed by atoms with Crippen molar-refractivity contribution < 1.29 is 22.8 Å². The van der Waals surface area contributed by atoms with Crippen LogP contribution in [0.25, 0.3) is 22.0 Å². The fourth-order valence-electron chi connectivity index (χ4n) is 4.12. The van der Waals surface area contributed by atoms with Crippen LogP contribution in [-0.2, 0) is 11.0 Å². The molecule has 164 valence electrons. The van der Waals surface area contributed by atoms with Crippen LogP contribution in [0.3, 0.4) is 0 Å². The van der Waals surface area contributed by atoms with Crippen molar-refractivity contribution in [1.82, 2.24) is 14.8 Å². The van der Waals surface area contributed by atoms with Crippen molar-refractivity contribution >= 4 is 23.1 Å². The molecule has 1 fully saturated rings. The third-order valence-electron chi connectivity index (χ3n) is 5.80. The summed E-state index contributed by atoms with van der Waals surface area (Å²) >= 11 is 0. The van der Waals surface area contributed by atoms with E-state index in [0.29, 0.717) is 10.9 Å². The lowest BCUT2D eigenvalue weighted by Gasteiger charge is -2.25. The lowest BCUT2D eigenvalue weighted by Crippen LogP contribution is -2.19. The minimum absolute atomic E-state index is 0.0446. The summed E-state index contributed by atoms with van der Waals surface area (Å²) in [5.41, 5.74) is 4.47. The number of hydrogen-bond donors (Lipinski definition) is 1. The molecule has 1 aliphatic rings. The molecule has 0 atom stereocenters. The van der Waals surface area contributed by atoms with Crippen molar-refractivity contribution in [3.8, 4) is 17.2 Å². The van der Waals surface area contributed by atoms with E-state index in [0.717, 1.165) is 44.1 Å². The lowest BCUT2D eigenvalue weighted by atomic mass is 9.87. The molecule has 1 aliphatic carbocycles. The Morgan fingerprint density at radius 3 is 2.50 bits per heavy atom. The van der Waals surface area contributed by atoms with Gasteiger partial charge >= 0.3 is 6.18 Å². The van der Waals surface area contributed by atoms with E-state index in [4.69, 9.17) is 5.73 Å². The summed E-state index contributed by atoms with van der Waals surface area (Å²) in [6.45, 7) is 0. The highest BCUT2D eigenvalue weighted by atomic mass is 19.4. The molecule has 0 unspecified atom stereocenters. The number of nitriles is 1. The van der Waals surface area contributed by atoms with Gasteiger partial charge in [-0.1, -0.05) is 0 Å². The van der Waals surface area contributed by atoms with Crippen LogP contribution in [0.15, 0.2) is 30.5 Å². The average Bonchev–Trinajstić information content (AvgIpc) is 3.20. The molecule has 32 heavy (non-hydrogen) atoms. The third kappa shape index (κ3) is 3.93. The van der Waals surface area contributed by atoms with Gasteiger partial charge in [0, 0.05) is 28.6 Å². The van der Waals surface area contributed by atoms with E-state index in [1.54, 1.807) is 16.9 Å². The smallest absolute Gasteiger partial charge is 0.364 e. The standard InChI is InChI=1S/C22H18F3N5O2/c23-22(24,25)19-6-5-16(20(28-19)21(27)32)17-7-14-10-30(29-18(14)8-13(17)9-26)15-3-1-12(11-31)2-4-15/h5-8,10-12,15H,1-4H2,(H2,27,32). The molecular formula is C22H18F3N5O2. The molecule has 1 saturated carbocycles. The van der Waals surface area contributed by atoms with Crippen LogP contribution >= 0.6 is 0 Å². The number of nitrogens with two attached hydrogens (primary N) is 1. The van der Waals surface area contributed by atoms with Gasteiger partial charge in [-0.15, -0.1) is 0 Å². The Balaban J connectivity index is 1.79. The van der Waals surface area contributed by atoms with Gasteiger partial charge in [-0.2, -0.15) is 23.5 Å². The number of rotatable bonds is 4. The van der Waals surface area contributed by atoms with E-state index in [2.05, 4.69) is 10.1 Å². The number of nitrogens with zero attached hydrogens (tertiary/aromatic N) is 4. The molecule has 0 aliphatic heterocycles. The van der Waals surface area contributed by atoms with Gasteiger partial charge in [-0.25, -0.2) is 4.98 Å². The lowest BCUT2D eigenvalue weighted by molar-refractivity contribution is -0.141. The zero-order valence-electron chi connectivity index (χ0n) is 16.8. The highest BCUT2D eigenvalue weighted by Crippen LogP contribution is 2.35. The zero-order valence-corrected chi connectivity index (χ0v) is 16.8. The number of amides is 1. The molecule has 0 radical (unpaired) electrons. The fourth-order valence-corrected chi connectivity index (χ4v) is 4.12. The van der Waals surface area contributed by atoms with Gasteiger partial charge in [-0.05, 0) is 49.9 Å². The molecule has 2 heterocycles. The number of carbonyl (C=O) groups excluding carboxylic acids is 2. The van der Waals surface area contributed by atoms with Crippen LogP contribution in [0.5, 0.6) is 0 Å². The first-order valence-corrected chi connectivity index (χ1v) is 9.98. The molecule has 1 amide bonds. The maximum absolute atomic E-state index is 13.0. The number of fused-ring (bicyclic) bond motifs is 1. The molecule has 3 aromatic rings. The van der Waals surface area contributed by atoms with Crippen molar-refractivity contribution in [3.63, 3.8) is 0 Å². The summed E-state index contributed by atoms with van der Waals surface area (Å²) in [7, 11) is 0. The summed E-state index contributed by atoms with van der Waals surface area (Å²) in [5, 5.41) is 14.8. The van der Waals surface area contributed by atoms with Gasteiger partial charge in [-0.3, -0.25) is 9.48 Å². The molecule has 10 heteroatoms. The van der Waals surface area contributed by atoms with Crippen molar-refractivity contribution in [2.24, 2.45) is 11.7 Å². The summed E-state index contributed by atoms with van der Waals surface area (Å²) in [4.78, 5) is 26.3. The Bertz CT molecular complexity index is 1250. The van der Waals surface area contributed by atoms with Gasteiger partial charge in [0.1, 0.15) is 17.7 Å². The van der Waals surface area contributed by atoms with Crippen LogP contribution in [0.1, 0.15) is 53.5 Å². The second-order valence-corrected chi connectivity index (χ2v) is 7.84. The normalized spacial score (nSPS) is 18.9. The van der Waals surface area contributed by atoms with Crippen molar-refractivity contribution in [2.45, 2.75) is 37.9 Å². The Morgan fingerprint density at radius 1 is 1.19 bits per heavy atom. The number of aldehydes is 1. The summed E-state index contributed by atoms with van der Waals surface area (Å²) in [5.74, 6) is -1.06. The molecular weight excluding hydrogens is 423 g/mol. The molecule has 1 aromatic carbocycles. The first-order chi connectivity index (χ1) is 15.2. The summed E-state index contributed by atoms with van der Waals surface area (Å²) < 4.78 is 40.9. The molecule has 4 rings (SSSR count). The Labute approximate surface area is 180 Å². The monoisotopic (exact) mass is 441 g/mol. The van der Waals surface area contributed by atoms with E-state index in [1.165, 1.54) is 6.07 Å². The first-order valence-electron chi connectivity index (χ1n) is 9.98. The highest BCUT2D eigenvalue weighted by molar-refractivity contribution is 6.00. The van der Waals surface area contributed by atoms with E-state index in [-0.39, 0.29) is 28.7 Å². The van der Waals surface area contributed by atoms with Crippen LogP contribution in [0.2, 0.25) is 0 Å². The SMILES string of the molecule is N#Cc1cc2nn(C3CCC(C=O)CC3)cc2cc1-c1ccc(C(F)(F)F)nc1C(N)=O. The third-order valence-corrected chi connectivity index (χ3v) is 5.80. The number of alkyl halides is 3. The van der Waals surface area contributed by atoms with Gasteiger partial charge in [0.05, 0.1) is 23.2 Å². The maximum Gasteiger partial charge on any atom is 0.433 e. The number of hydrogen-bond acceptors (Lipinski definition) is 5. The van der Waals surface area contributed by atoms with Crippen LogP contribution < -0.4 is 5.73 Å². The number of halogens is 3. The van der Waals surface area contributed by atoms with E-state index < -0.39 is 23.5 Å². The van der Waals surface area contributed by atoms with Gasteiger partial charge in [0.15, 0.2) is 0 Å². The second kappa shape index (κ2) is 8.07. The number of carbonyl (C=O) groups is 2. The minimum Gasteiger partial charge on any atom is -0.364 e. The molecule has 0 saturated heterocycles. The van der Waals surface area contributed by atoms with Gasteiger partial charge in [0.25, 0.3) is 5.91 Å². The van der Waals surface area contributed by atoms with E-state index in [9.17, 15) is 28.0 Å². The van der Waals surface area contributed by atoms with Crippen LogP contribution in [-0.4, -0.2) is 27.0 Å². The molecule has 0 spiro atoms. The Hall–Kier alpha value is -3.74. The van der Waals surface area contributed by atoms with Crippen molar-refractivity contribution in [2.75, 3.05) is 0 Å². The Kier molecular flexibility index (Phi) is 5.42. The number of benzene rings is 1. The predicted molar refractivity (Wildman–Crippen MR) is 108 cm³/mol. The molecule has 2 N–H and O–H groups in total. The van der Waals surface area contributed by atoms with Crippen molar-refractivity contribution in [3.05, 3.63) is 47.4 Å². The van der Waals surface area contributed by atoms with E-state index >= 15 is 0 Å². The molecule has 2 aromatic heterocycles. The average molecular weight is 441 g/mol. The zero-order chi connectivity index (χ0) is 23.0. The van der Waals surface area contributed by atoms with Gasteiger partial charge < -0.3 is 10.5 Å². The van der Waals surface area contributed by atoms with Crippen molar-refractivity contribution in [1.29, 1.82) is 5.26 Å². The molecule has 0 bridgehead atoms. The number of pyridine rings is 1. The first kappa shape index (κ1) is 21.5. The van der Waals surface area contributed by atoms with Crippen LogP contribution in [0.4, 0.5) is 13.2 Å². The second-order valence-electron chi connectivity index (χ2n) is 7.84. The minimum atomic E-state index is -4.74. The van der Waals surface area contributed by atoms with Crippen LogP contribution in [0, 0.1) is 17.2 Å². The number of aromatic nitrogens is 3. The Morgan fingerprint density at radius 2 is 1.91 bits per heavy atom. The topological polar surface area (TPSA) is 115 Å². The summed E-state index contributed by atoms with van der Waals surface area (Å²) in [6.07, 6.45) is 1.18. The number of primary amides is 1. The largest absolute Gasteiger partial charge is 0.433 e. The maximum atomic E-state index is 13.0. The van der Waals surface area contributed by atoms with Gasteiger partial charge in [0.2, 0.25) is 0 Å². The summed E-state index contributed by atoms with van der Waals surface area (Å²) in [6, 6.07) is 7.10. The predicted octanol–water partition coefficient (Wildman–Crippen LogP) is 4.02.